The van der Waals surface area contributed by atoms with Gasteiger partial charge in [0, 0.05) is 0 Å². The van der Waals surface area contributed by atoms with Crippen LogP contribution in [0, 0.1) is 0 Å². The van der Waals surface area contributed by atoms with Crippen molar-refractivity contribution in [3.63, 3.8) is 0 Å². The maximum absolute atomic E-state index is 12.6. The SMILES string of the molecule is CCOC(=O)Cc1cc(Cl)c(Br)c(C(F)F)n1. The molecule has 17 heavy (non-hydrogen) atoms. The highest BCUT2D eigenvalue weighted by Crippen LogP contribution is 2.32. The minimum Gasteiger partial charge on any atom is -0.466 e. The van der Waals surface area contributed by atoms with E-state index in [4.69, 9.17) is 16.3 Å². The van der Waals surface area contributed by atoms with Crippen molar-refractivity contribution in [3.8, 4) is 0 Å². The van der Waals surface area contributed by atoms with Gasteiger partial charge < -0.3 is 4.74 Å². The Hall–Kier alpha value is -0.750. The zero-order valence-corrected chi connectivity index (χ0v) is 11.2. The Labute approximate surface area is 110 Å². The van der Waals surface area contributed by atoms with E-state index in [0.29, 0.717) is 0 Å². The van der Waals surface area contributed by atoms with Crippen LogP contribution in [-0.2, 0) is 16.0 Å². The third-order valence-corrected chi connectivity index (χ3v) is 3.19. The molecular formula is C10H9BrClF2NO2. The third kappa shape index (κ3) is 3.89. The molecule has 0 aliphatic rings. The van der Waals surface area contributed by atoms with Gasteiger partial charge in [-0.05, 0) is 28.9 Å². The largest absolute Gasteiger partial charge is 0.466 e. The molecular weight excluding hydrogens is 319 g/mol. The molecule has 0 unspecified atom stereocenters. The van der Waals surface area contributed by atoms with Gasteiger partial charge in [0.05, 0.1) is 28.2 Å². The van der Waals surface area contributed by atoms with Gasteiger partial charge in [0.2, 0.25) is 0 Å². The first kappa shape index (κ1) is 14.3. The van der Waals surface area contributed by atoms with Gasteiger partial charge in [-0.25, -0.2) is 13.8 Å². The fourth-order valence-electron chi connectivity index (χ4n) is 1.16. The summed E-state index contributed by atoms with van der Waals surface area (Å²) in [5.74, 6) is -0.529. The van der Waals surface area contributed by atoms with Gasteiger partial charge in [0.15, 0.2) is 0 Å². The zero-order chi connectivity index (χ0) is 13.0. The summed E-state index contributed by atoms with van der Waals surface area (Å²) in [5.41, 5.74) is -0.316. The van der Waals surface area contributed by atoms with Crippen molar-refractivity contribution in [2.75, 3.05) is 6.61 Å². The number of alkyl halides is 2. The summed E-state index contributed by atoms with van der Waals surface area (Å²) >= 11 is 8.67. The number of carbonyl (C=O) groups is 1. The van der Waals surface area contributed by atoms with E-state index in [2.05, 4.69) is 20.9 Å². The van der Waals surface area contributed by atoms with Crippen LogP contribution in [0.3, 0.4) is 0 Å². The first-order valence-corrected chi connectivity index (χ1v) is 5.91. The van der Waals surface area contributed by atoms with E-state index in [9.17, 15) is 13.6 Å². The number of pyridine rings is 1. The molecule has 0 amide bonds. The summed E-state index contributed by atoms with van der Waals surface area (Å²) in [6.07, 6.45) is -2.94. The highest BCUT2D eigenvalue weighted by Gasteiger charge is 2.18. The number of esters is 1. The van der Waals surface area contributed by atoms with Gasteiger partial charge in [-0.15, -0.1) is 0 Å². The van der Waals surface area contributed by atoms with Gasteiger partial charge in [-0.3, -0.25) is 4.79 Å². The quantitative estimate of drug-likeness (QED) is 0.794. The number of rotatable bonds is 4. The molecule has 1 aromatic rings. The van der Waals surface area contributed by atoms with Crippen LogP contribution in [0.5, 0.6) is 0 Å². The fourth-order valence-corrected chi connectivity index (χ4v) is 1.76. The number of hydrogen-bond acceptors (Lipinski definition) is 3. The summed E-state index contributed by atoms with van der Waals surface area (Å²) in [5, 5.41) is 0.0922. The molecule has 0 N–H and O–H groups in total. The maximum Gasteiger partial charge on any atom is 0.311 e. The van der Waals surface area contributed by atoms with Crippen molar-refractivity contribution < 1.29 is 18.3 Å². The van der Waals surface area contributed by atoms with E-state index in [-0.39, 0.29) is 28.2 Å². The molecule has 1 heterocycles. The highest BCUT2D eigenvalue weighted by molar-refractivity contribution is 9.10. The van der Waals surface area contributed by atoms with E-state index in [1.165, 1.54) is 6.07 Å². The number of halogens is 4. The topological polar surface area (TPSA) is 39.2 Å². The Morgan fingerprint density at radius 1 is 1.65 bits per heavy atom. The average molecular weight is 329 g/mol. The predicted molar refractivity (Wildman–Crippen MR) is 62.2 cm³/mol. The van der Waals surface area contributed by atoms with Crippen molar-refractivity contribution in [2.45, 2.75) is 19.8 Å². The third-order valence-electron chi connectivity index (χ3n) is 1.83. The van der Waals surface area contributed by atoms with Gasteiger partial charge in [-0.1, -0.05) is 11.6 Å². The Bertz CT molecular complexity index is 429. The maximum atomic E-state index is 12.6. The lowest BCUT2D eigenvalue weighted by molar-refractivity contribution is -0.142. The van der Waals surface area contributed by atoms with Crippen molar-refractivity contribution in [2.24, 2.45) is 0 Å². The van der Waals surface area contributed by atoms with Gasteiger partial charge in [0.1, 0.15) is 5.69 Å². The second-order valence-electron chi connectivity index (χ2n) is 3.08. The second kappa shape index (κ2) is 6.26. The van der Waals surface area contributed by atoms with Crippen LogP contribution in [0.25, 0.3) is 0 Å². The molecule has 0 bridgehead atoms. The van der Waals surface area contributed by atoms with E-state index in [1.54, 1.807) is 6.92 Å². The van der Waals surface area contributed by atoms with Crippen molar-refractivity contribution in [3.05, 3.63) is 26.9 Å². The van der Waals surface area contributed by atoms with Crippen LogP contribution in [-0.4, -0.2) is 17.6 Å². The molecule has 0 saturated heterocycles. The molecule has 1 rings (SSSR count). The predicted octanol–water partition coefficient (Wildman–Crippen LogP) is 3.54. The van der Waals surface area contributed by atoms with Gasteiger partial charge in [-0.2, -0.15) is 0 Å². The first-order chi connectivity index (χ1) is 7.95. The van der Waals surface area contributed by atoms with Crippen LogP contribution in [0.1, 0.15) is 24.7 Å². The molecule has 0 aromatic carbocycles. The lowest BCUT2D eigenvalue weighted by atomic mass is 10.2. The number of hydrogen-bond donors (Lipinski definition) is 0. The number of ether oxygens (including phenoxy) is 1. The van der Waals surface area contributed by atoms with E-state index in [0.717, 1.165) is 0 Å². The molecule has 0 radical (unpaired) electrons. The summed E-state index contributed by atoms with van der Waals surface area (Å²) in [6, 6.07) is 1.36. The molecule has 0 aliphatic heterocycles. The standard InChI is InChI=1S/C10H9BrClF2NO2/c1-2-17-7(16)4-5-3-6(12)8(11)9(15-5)10(13)14/h3,10H,2,4H2,1H3. The van der Waals surface area contributed by atoms with Crippen molar-refractivity contribution >= 4 is 33.5 Å². The Kier molecular flexibility index (Phi) is 5.27. The van der Waals surface area contributed by atoms with Gasteiger partial charge >= 0.3 is 5.97 Å². The minimum absolute atomic E-state index is 0.0433. The van der Waals surface area contributed by atoms with E-state index >= 15 is 0 Å². The van der Waals surface area contributed by atoms with Crippen LogP contribution in [0.2, 0.25) is 5.02 Å². The molecule has 0 aliphatic carbocycles. The Balaban J connectivity index is 2.98. The molecule has 3 nitrogen and oxygen atoms in total. The molecule has 0 atom stereocenters. The summed E-state index contributed by atoms with van der Waals surface area (Å²) < 4.78 is 30.0. The fraction of sp³-hybridized carbons (Fsp3) is 0.400. The normalized spacial score (nSPS) is 10.7. The van der Waals surface area contributed by atoms with Crippen LogP contribution in [0.15, 0.2) is 10.5 Å². The molecule has 0 fully saturated rings. The first-order valence-electron chi connectivity index (χ1n) is 4.74. The van der Waals surface area contributed by atoms with Crippen LogP contribution >= 0.6 is 27.5 Å². The van der Waals surface area contributed by atoms with Gasteiger partial charge in [0.25, 0.3) is 6.43 Å². The van der Waals surface area contributed by atoms with Crippen LogP contribution < -0.4 is 0 Å². The molecule has 1 aromatic heterocycles. The zero-order valence-electron chi connectivity index (χ0n) is 8.84. The molecule has 0 spiro atoms. The summed E-state index contributed by atoms with van der Waals surface area (Å²) in [4.78, 5) is 14.9. The Morgan fingerprint density at radius 3 is 2.82 bits per heavy atom. The monoisotopic (exact) mass is 327 g/mol. The second-order valence-corrected chi connectivity index (χ2v) is 4.28. The smallest absolute Gasteiger partial charge is 0.311 e. The number of nitrogens with zero attached hydrogens (tertiary/aromatic N) is 1. The number of aromatic nitrogens is 1. The van der Waals surface area contributed by atoms with Crippen molar-refractivity contribution in [1.29, 1.82) is 0 Å². The van der Waals surface area contributed by atoms with E-state index < -0.39 is 18.1 Å². The molecule has 7 heteroatoms. The average Bonchev–Trinajstić information content (AvgIpc) is 2.23. The Morgan fingerprint density at radius 2 is 2.29 bits per heavy atom. The minimum atomic E-state index is -2.76. The summed E-state index contributed by atoms with van der Waals surface area (Å²) in [7, 11) is 0. The lowest BCUT2D eigenvalue weighted by Crippen LogP contribution is -2.10. The van der Waals surface area contributed by atoms with Crippen LogP contribution in [0.4, 0.5) is 8.78 Å². The number of carbonyl (C=O) groups excluding carboxylic acids is 1. The summed E-state index contributed by atoms with van der Waals surface area (Å²) in [6.45, 7) is 1.88. The highest BCUT2D eigenvalue weighted by atomic mass is 79.9. The molecule has 0 saturated carbocycles. The van der Waals surface area contributed by atoms with E-state index in [1.807, 2.05) is 0 Å². The van der Waals surface area contributed by atoms with Crippen molar-refractivity contribution in [1.82, 2.24) is 4.98 Å². The lowest BCUT2D eigenvalue weighted by Gasteiger charge is -2.08. The molecule has 94 valence electrons.